The van der Waals surface area contributed by atoms with Crippen molar-refractivity contribution in [2.75, 3.05) is 19.0 Å². The van der Waals surface area contributed by atoms with Crippen LogP contribution in [0.4, 0.5) is 5.69 Å². The number of hydrogen-bond donors (Lipinski definition) is 0. The van der Waals surface area contributed by atoms with Gasteiger partial charge in [0.05, 0.1) is 10.2 Å². The molecule has 0 saturated heterocycles. The first-order valence-corrected chi connectivity index (χ1v) is 12.5. The van der Waals surface area contributed by atoms with Crippen LogP contribution in [0.5, 0.6) is 0 Å². The summed E-state index contributed by atoms with van der Waals surface area (Å²) < 4.78 is 1.26. The zero-order valence-electron chi connectivity index (χ0n) is 21.7. The summed E-state index contributed by atoms with van der Waals surface area (Å²) in [6, 6.07) is 25.2. The van der Waals surface area contributed by atoms with Gasteiger partial charge in [-0.25, -0.2) is 4.98 Å². The Bertz CT molecular complexity index is 971. The predicted octanol–water partition coefficient (Wildman–Crippen LogP) is 9.41. The fraction of sp³-hybridized carbons (Fsp3) is 0.345. The van der Waals surface area contributed by atoms with Crippen molar-refractivity contribution in [3.05, 3.63) is 83.9 Å². The lowest BCUT2D eigenvalue weighted by atomic mass is 10.2. The Kier molecular flexibility index (Phi) is 15.6. The van der Waals surface area contributed by atoms with E-state index in [4.69, 9.17) is 4.98 Å². The van der Waals surface area contributed by atoms with E-state index in [1.54, 1.807) is 11.3 Å². The fourth-order valence-corrected chi connectivity index (χ4v) is 3.66. The second-order valence-corrected chi connectivity index (χ2v) is 7.62. The highest BCUT2D eigenvalue weighted by Crippen LogP contribution is 2.31. The van der Waals surface area contributed by atoms with Crippen molar-refractivity contribution >= 4 is 27.2 Å². The summed E-state index contributed by atoms with van der Waals surface area (Å²) in [7, 11) is 4.10. The highest BCUT2D eigenvalue weighted by molar-refractivity contribution is 7.21. The van der Waals surface area contributed by atoms with Crippen molar-refractivity contribution in [1.82, 2.24) is 4.98 Å². The zero-order chi connectivity index (χ0) is 24.5. The molecule has 32 heavy (non-hydrogen) atoms. The Balaban J connectivity index is 0.000000619. The molecule has 0 aliphatic heterocycles. The summed E-state index contributed by atoms with van der Waals surface area (Å²) >= 11 is 1.75. The maximum absolute atomic E-state index is 4.70. The lowest BCUT2D eigenvalue weighted by Gasteiger charge is -2.11. The smallest absolute Gasteiger partial charge is 0.124 e. The molecule has 0 atom stereocenters. The first-order valence-electron chi connectivity index (χ1n) is 11.7. The Hall–Kier alpha value is -2.65. The lowest BCUT2D eigenvalue weighted by molar-refractivity contribution is 1.13. The number of rotatable bonds is 2. The molecule has 0 aliphatic carbocycles. The molecule has 174 valence electrons. The molecule has 2 nitrogen and oxygen atoms in total. The minimum absolute atomic E-state index is 1.09. The number of fused-ring (bicyclic) bond motifs is 1. The van der Waals surface area contributed by atoms with Crippen LogP contribution in [-0.4, -0.2) is 19.1 Å². The fourth-order valence-electron chi connectivity index (χ4n) is 2.59. The first kappa shape index (κ1) is 29.4. The molecule has 1 aromatic heterocycles. The van der Waals surface area contributed by atoms with Crippen molar-refractivity contribution in [2.45, 2.75) is 55.4 Å². The highest BCUT2D eigenvalue weighted by atomic mass is 32.1. The Morgan fingerprint density at radius 1 is 0.656 bits per heavy atom. The van der Waals surface area contributed by atoms with Gasteiger partial charge in [-0.2, -0.15) is 0 Å². The van der Waals surface area contributed by atoms with Crippen LogP contribution >= 0.6 is 11.3 Å². The average Bonchev–Trinajstić information content (AvgIpc) is 3.27. The summed E-state index contributed by atoms with van der Waals surface area (Å²) in [6.07, 6.45) is 0. The van der Waals surface area contributed by atoms with Gasteiger partial charge in [0.1, 0.15) is 5.01 Å². The monoisotopic (exact) mass is 450 g/mol. The van der Waals surface area contributed by atoms with E-state index in [9.17, 15) is 0 Å². The normalized spacial score (nSPS) is 8.94. The molecule has 3 aromatic carbocycles. The Morgan fingerprint density at radius 3 is 1.69 bits per heavy atom. The van der Waals surface area contributed by atoms with Crippen molar-refractivity contribution in [1.29, 1.82) is 0 Å². The molecule has 0 spiro atoms. The van der Waals surface area contributed by atoms with E-state index in [-0.39, 0.29) is 0 Å². The topological polar surface area (TPSA) is 16.1 Å². The summed E-state index contributed by atoms with van der Waals surface area (Å²) in [5.74, 6) is 0. The van der Waals surface area contributed by atoms with Gasteiger partial charge in [-0.3, -0.25) is 0 Å². The van der Waals surface area contributed by atoms with Gasteiger partial charge in [-0.05, 0) is 55.8 Å². The van der Waals surface area contributed by atoms with Crippen LogP contribution in [-0.2, 0) is 0 Å². The van der Waals surface area contributed by atoms with Gasteiger partial charge < -0.3 is 4.90 Å². The van der Waals surface area contributed by atoms with Crippen molar-refractivity contribution < 1.29 is 0 Å². The molecule has 0 amide bonds. The molecule has 0 unspecified atom stereocenters. The predicted molar refractivity (Wildman–Crippen MR) is 149 cm³/mol. The van der Waals surface area contributed by atoms with Crippen molar-refractivity contribution in [3.63, 3.8) is 0 Å². The molecular formula is C29H42N2S. The summed E-state index contributed by atoms with van der Waals surface area (Å²) in [5, 5.41) is 1.09. The van der Waals surface area contributed by atoms with Crippen molar-refractivity contribution in [2.24, 2.45) is 0 Å². The third-order valence-corrected chi connectivity index (χ3v) is 5.18. The Labute approximate surface area is 201 Å². The van der Waals surface area contributed by atoms with Gasteiger partial charge in [-0.1, -0.05) is 83.5 Å². The molecule has 0 saturated carbocycles. The maximum Gasteiger partial charge on any atom is 0.124 e. The maximum atomic E-state index is 4.70. The molecule has 4 aromatic rings. The minimum atomic E-state index is 1.09. The van der Waals surface area contributed by atoms with E-state index < -0.39 is 0 Å². The standard InChI is InChI=1S/C16H16N2S.C7H8.3C2H6/c1-11-4-9-14-15(10-11)19-16(17-14)12-5-7-13(8-6-12)18(2)3;1-7-5-3-2-4-6-7;3*1-2/h4-10H,1-3H3;2-6H,1H3;3*1-2H3. The first-order chi connectivity index (χ1) is 15.5. The number of aryl methyl sites for hydroxylation is 2. The van der Waals surface area contributed by atoms with Crippen LogP contribution in [0.25, 0.3) is 20.8 Å². The number of nitrogens with zero attached hydrogens (tertiary/aromatic N) is 2. The second-order valence-electron chi connectivity index (χ2n) is 6.59. The zero-order valence-corrected chi connectivity index (χ0v) is 22.5. The number of hydrogen-bond acceptors (Lipinski definition) is 3. The molecule has 4 rings (SSSR count). The van der Waals surface area contributed by atoms with Crippen LogP contribution in [0.3, 0.4) is 0 Å². The van der Waals surface area contributed by atoms with Crippen LogP contribution in [0.15, 0.2) is 72.8 Å². The van der Waals surface area contributed by atoms with Gasteiger partial charge in [0, 0.05) is 25.3 Å². The highest BCUT2D eigenvalue weighted by Gasteiger charge is 2.06. The average molecular weight is 451 g/mol. The molecule has 1 heterocycles. The SMILES string of the molecule is CC.CC.CC.Cc1ccc2nc(-c3ccc(N(C)C)cc3)sc2c1.Cc1ccccc1. The lowest BCUT2D eigenvalue weighted by Crippen LogP contribution is -2.07. The van der Waals surface area contributed by atoms with E-state index in [0.717, 1.165) is 10.5 Å². The number of benzene rings is 3. The largest absolute Gasteiger partial charge is 0.378 e. The van der Waals surface area contributed by atoms with Crippen LogP contribution < -0.4 is 4.90 Å². The number of aromatic nitrogens is 1. The van der Waals surface area contributed by atoms with Crippen LogP contribution in [0.2, 0.25) is 0 Å². The quantitative estimate of drug-likeness (QED) is 0.302. The molecule has 0 fully saturated rings. The van der Waals surface area contributed by atoms with Crippen molar-refractivity contribution in [3.8, 4) is 10.6 Å². The third kappa shape index (κ3) is 9.65. The minimum Gasteiger partial charge on any atom is -0.378 e. The van der Waals surface area contributed by atoms with Gasteiger partial charge in [0.15, 0.2) is 0 Å². The van der Waals surface area contributed by atoms with E-state index >= 15 is 0 Å². The van der Waals surface area contributed by atoms with E-state index in [1.807, 2.05) is 59.7 Å². The van der Waals surface area contributed by atoms with E-state index in [0.29, 0.717) is 0 Å². The molecule has 0 radical (unpaired) electrons. The molecular weight excluding hydrogens is 408 g/mol. The van der Waals surface area contributed by atoms with Gasteiger partial charge >= 0.3 is 0 Å². The van der Waals surface area contributed by atoms with Gasteiger partial charge in [0.25, 0.3) is 0 Å². The number of thiazole rings is 1. The van der Waals surface area contributed by atoms with Gasteiger partial charge in [0.2, 0.25) is 0 Å². The summed E-state index contributed by atoms with van der Waals surface area (Å²) in [6.45, 7) is 16.2. The van der Waals surface area contributed by atoms with Crippen LogP contribution in [0.1, 0.15) is 52.7 Å². The Morgan fingerprint density at radius 2 is 1.22 bits per heavy atom. The molecule has 0 aliphatic rings. The molecule has 0 bridgehead atoms. The summed E-state index contributed by atoms with van der Waals surface area (Å²) in [4.78, 5) is 6.81. The van der Waals surface area contributed by atoms with E-state index in [1.165, 1.54) is 27.1 Å². The van der Waals surface area contributed by atoms with E-state index in [2.05, 4.69) is 87.4 Å². The summed E-state index contributed by atoms with van der Waals surface area (Å²) in [5.41, 5.74) is 6.08. The number of anilines is 1. The van der Waals surface area contributed by atoms with Crippen LogP contribution in [0, 0.1) is 13.8 Å². The third-order valence-electron chi connectivity index (χ3n) is 4.12. The van der Waals surface area contributed by atoms with Gasteiger partial charge in [-0.15, -0.1) is 11.3 Å². The molecule has 3 heteroatoms. The second kappa shape index (κ2) is 17.0. The molecule has 0 N–H and O–H groups in total.